The van der Waals surface area contributed by atoms with Crippen LogP contribution in [0.25, 0.3) is 0 Å². The van der Waals surface area contributed by atoms with Crippen LogP contribution in [0, 0.1) is 11.8 Å². The summed E-state index contributed by atoms with van der Waals surface area (Å²) in [6, 6.07) is 5.70. The molecule has 0 aromatic heterocycles. The van der Waals surface area contributed by atoms with Crippen LogP contribution in [-0.4, -0.2) is 76.2 Å². The van der Waals surface area contributed by atoms with Gasteiger partial charge in [0.25, 0.3) is 5.91 Å². The molecule has 4 rings (SSSR count). The minimum atomic E-state index is -0.844. The highest BCUT2D eigenvalue weighted by Crippen LogP contribution is 2.71. The van der Waals surface area contributed by atoms with E-state index in [-0.39, 0.29) is 31.6 Å². The first-order valence-corrected chi connectivity index (χ1v) is 13.0. The van der Waals surface area contributed by atoms with E-state index in [9.17, 15) is 19.5 Å². The molecule has 0 saturated carbocycles. The Bertz CT molecular complexity index is 1060. The number of carbonyl (C=O) groups excluding carboxylic acids is 3. The van der Waals surface area contributed by atoms with Crippen molar-refractivity contribution in [3.63, 3.8) is 0 Å². The molecule has 3 aliphatic heterocycles. The summed E-state index contributed by atoms with van der Waals surface area (Å²) in [4.78, 5) is 44.7. The van der Waals surface area contributed by atoms with Crippen molar-refractivity contribution in [3.05, 3.63) is 49.6 Å². The van der Waals surface area contributed by atoms with Crippen molar-refractivity contribution in [1.82, 2.24) is 4.90 Å². The highest BCUT2D eigenvalue weighted by atomic mass is 32.2. The first kappa shape index (κ1) is 26.3. The minimum Gasteiger partial charge on any atom is -0.497 e. The van der Waals surface area contributed by atoms with Crippen LogP contribution in [0.1, 0.15) is 26.7 Å². The summed E-state index contributed by atoms with van der Waals surface area (Å²) in [6.07, 6.45) is 4.45. The number of amides is 2. The molecule has 3 saturated heterocycles. The highest BCUT2D eigenvalue weighted by Gasteiger charge is 2.78. The van der Waals surface area contributed by atoms with Gasteiger partial charge in [-0.05, 0) is 51.0 Å². The number of ether oxygens (including phenoxy) is 2. The van der Waals surface area contributed by atoms with Crippen LogP contribution in [0.4, 0.5) is 5.69 Å². The van der Waals surface area contributed by atoms with Crippen molar-refractivity contribution in [2.45, 2.75) is 48.3 Å². The summed E-state index contributed by atoms with van der Waals surface area (Å²) in [5, 5.41) is 10.0. The summed E-state index contributed by atoms with van der Waals surface area (Å²) >= 11 is 1.57. The molecule has 2 amide bonds. The molecule has 2 bridgehead atoms. The van der Waals surface area contributed by atoms with Crippen molar-refractivity contribution < 1.29 is 29.0 Å². The van der Waals surface area contributed by atoms with E-state index in [4.69, 9.17) is 9.47 Å². The maximum atomic E-state index is 14.4. The van der Waals surface area contributed by atoms with E-state index < -0.39 is 39.4 Å². The predicted octanol–water partition coefficient (Wildman–Crippen LogP) is 2.81. The average molecular weight is 515 g/mol. The highest BCUT2D eigenvalue weighted by molar-refractivity contribution is 8.02. The molecule has 0 radical (unpaired) electrons. The van der Waals surface area contributed by atoms with Gasteiger partial charge in [0.15, 0.2) is 0 Å². The molecule has 36 heavy (non-hydrogen) atoms. The number of fused-ring (bicyclic) bond motifs is 1. The number of benzene rings is 1. The van der Waals surface area contributed by atoms with Gasteiger partial charge in [-0.15, -0.1) is 18.3 Å². The van der Waals surface area contributed by atoms with Crippen molar-refractivity contribution in [1.29, 1.82) is 0 Å². The molecule has 1 aromatic carbocycles. The zero-order valence-corrected chi connectivity index (χ0v) is 21.8. The maximum Gasteiger partial charge on any atom is 0.311 e. The Morgan fingerprint density at radius 1 is 1.28 bits per heavy atom. The second-order valence-electron chi connectivity index (χ2n) is 9.86. The Kier molecular flexibility index (Phi) is 7.26. The molecule has 6 atom stereocenters. The number of aliphatic hydroxyl groups excluding tert-OH is 1. The number of hydrogen-bond acceptors (Lipinski definition) is 7. The Morgan fingerprint density at radius 2 is 1.97 bits per heavy atom. The van der Waals surface area contributed by atoms with E-state index in [0.717, 1.165) is 0 Å². The normalized spacial score (nSPS) is 31.1. The molecule has 8 nitrogen and oxygen atoms in total. The molecule has 3 fully saturated rings. The number of methoxy groups -OCH3 is 1. The third-order valence-corrected chi connectivity index (χ3v) is 9.73. The molecule has 3 heterocycles. The number of esters is 1. The minimum absolute atomic E-state index is 0.0632. The molecule has 1 N–H and O–H groups in total. The van der Waals surface area contributed by atoms with Crippen LogP contribution in [0.15, 0.2) is 49.6 Å². The topological polar surface area (TPSA) is 96.4 Å². The average Bonchev–Trinajstić information content (AvgIpc) is 3.45. The van der Waals surface area contributed by atoms with Gasteiger partial charge >= 0.3 is 5.97 Å². The molecule has 1 spiro atoms. The predicted molar refractivity (Wildman–Crippen MR) is 139 cm³/mol. The van der Waals surface area contributed by atoms with E-state index in [1.807, 2.05) is 6.92 Å². The zero-order chi connectivity index (χ0) is 26.3. The standard InChI is InChI=1S/C27H34N2O6S/c1-6-14-28(18-8-10-19(34-5)11-9-18)24(32)22-27-13-12-26(4,36-27)21(25(33)35-15-7-2)20(27)23(31)29(22)17(3)16-30/h6-11,17,20-22,30H,1-2,12-16H2,3-5H3/t17-,20+,21-,22?,26+,27?/m1/s1. The van der Waals surface area contributed by atoms with Crippen LogP contribution >= 0.6 is 11.8 Å². The SMILES string of the molecule is C=CCOC(=O)[C@H]1[C@H]2C(=O)N([C@H](C)CO)C(C(=O)N(CC=C)c3ccc(OC)cc3)C23CC[C@]1(C)S3. The zero-order valence-electron chi connectivity index (χ0n) is 21.0. The molecule has 0 aliphatic carbocycles. The van der Waals surface area contributed by atoms with Gasteiger partial charge in [0, 0.05) is 17.0 Å². The second-order valence-corrected chi connectivity index (χ2v) is 11.8. The lowest BCUT2D eigenvalue weighted by molar-refractivity contribution is -0.155. The van der Waals surface area contributed by atoms with Gasteiger partial charge in [-0.1, -0.05) is 18.7 Å². The van der Waals surface area contributed by atoms with Crippen molar-refractivity contribution in [3.8, 4) is 5.75 Å². The van der Waals surface area contributed by atoms with Crippen LogP contribution < -0.4 is 9.64 Å². The fourth-order valence-corrected chi connectivity index (χ4v) is 8.48. The fourth-order valence-electron chi connectivity index (χ4n) is 6.16. The third kappa shape index (κ3) is 3.93. The summed E-state index contributed by atoms with van der Waals surface area (Å²) in [6.45, 7) is 11.2. The van der Waals surface area contributed by atoms with Crippen molar-refractivity contribution >= 4 is 35.2 Å². The lowest BCUT2D eigenvalue weighted by Gasteiger charge is -2.38. The molecule has 194 valence electrons. The van der Waals surface area contributed by atoms with E-state index in [2.05, 4.69) is 13.2 Å². The molecule has 9 heteroatoms. The number of aliphatic hydroxyl groups is 1. The van der Waals surface area contributed by atoms with Crippen LogP contribution in [0.3, 0.4) is 0 Å². The summed E-state index contributed by atoms with van der Waals surface area (Å²) in [5.74, 6) is -1.69. The maximum absolute atomic E-state index is 14.4. The first-order chi connectivity index (χ1) is 17.2. The molecule has 1 aromatic rings. The van der Waals surface area contributed by atoms with E-state index >= 15 is 0 Å². The van der Waals surface area contributed by atoms with Gasteiger partial charge in [0.2, 0.25) is 5.91 Å². The number of likely N-dealkylation sites (tertiary alicyclic amines) is 1. The monoisotopic (exact) mass is 514 g/mol. The van der Waals surface area contributed by atoms with Gasteiger partial charge in [-0.25, -0.2) is 0 Å². The molecule has 2 unspecified atom stereocenters. The van der Waals surface area contributed by atoms with E-state index in [1.54, 1.807) is 61.0 Å². The lowest BCUT2D eigenvalue weighted by Crippen LogP contribution is -2.57. The Hall–Kier alpha value is -2.78. The Morgan fingerprint density at radius 3 is 2.56 bits per heavy atom. The molecule has 3 aliphatic rings. The summed E-state index contributed by atoms with van der Waals surface area (Å²) in [7, 11) is 1.57. The van der Waals surface area contributed by atoms with Crippen molar-refractivity contribution in [2.24, 2.45) is 11.8 Å². The largest absolute Gasteiger partial charge is 0.497 e. The smallest absolute Gasteiger partial charge is 0.311 e. The van der Waals surface area contributed by atoms with Gasteiger partial charge in [0.05, 0.1) is 36.3 Å². The Labute approximate surface area is 216 Å². The van der Waals surface area contributed by atoms with E-state index in [1.165, 1.54) is 11.0 Å². The fraction of sp³-hybridized carbons (Fsp3) is 0.519. The summed E-state index contributed by atoms with van der Waals surface area (Å²) in [5.41, 5.74) is 0.648. The van der Waals surface area contributed by atoms with E-state index in [0.29, 0.717) is 24.3 Å². The number of thioether (sulfide) groups is 1. The Balaban J connectivity index is 1.79. The van der Waals surface area contributed by atoms with Gasteiger partial charge in [-0.2, -0.15) is 0 Å². The van der Waals surface area contributed by atoms with Crippen LogP contribution in [0.2, 0.25) is 0 Å². The van der Waals surface area contributed by atoms with Crippen LogP contribution in [0.5, 0.6) is 5.75 Å². The van der Waals surface area contributed by atoms with Crippen LogP contribution in [-0.2, 0) is 19.1 Å². The summed E-state index contributed by atoms with van der Waals surface area (Å²) < 4.78 is 9.37. The molecular formula is C27H34N2O6S. The molecular weight excluding hydrogens is 480 g/mol. The number of anilines is 1. The second kappa shape index (κ2) is 9.94. The van der Waals surface area contributed by atoms with Crippen molar-refractivity contribution in [2.75, 3.05) is 31.8 Å². The first-order valence-electron chi connectivity index (χ1n) is 12.2. The number of hydrogen-bond donors (Lipinski definition) is 1. The van der Waals surface area contributed by atoms with Gasteiger partial charge in [0.1, 0.15) is 18.4 Å². The van der Waals surface area contributed by atoms with Gasteiger partial charge in [-0.3, -0.25) is 14.4 Å². The number of carbonyl (C=O) groups is 3. The van der Waals surface area contributed by atoms with Gasteiger partial charge < -0.3 is 24.4 Å². The quantitative estimate of drug-likeness (QED) is 0.379. The lowest BCUT2D eigenvalue weighted by atomic mass is 9.66. The number of rotatable bonds is 10. The third-order valence-electron chi connectivity index (χ3n) is 7.75. The number of nitrogens with zero attached hydrogens (tertiary/aromatic N) is 2.